The van der Waals surface area contributed by atoms with Crippen molar-refractivity contribution in [3.63, 3.8) is 0 Å². The summed E-state index contributed by atoms with van der Waals surface area (Å²) in [7, 11) is 0. The molecule has 1 aliphatic rings. The summed E-state index contributed by atoms with van der Waals surface area (Å²) in [5, 5.41) is 11.4. The number of carbonyl (C=O) groups excluding carboxylic acids is 1. The lowest BCUT2D eigenvalue weighted by atomic mass is 10.0. The highest BCUT2D eigenvalue weighted by Crippen LogP contribution is 2.18. The molecule has 1 aromatic heterocycles. The van der Waals surface area contributed by atoms with E-state index in [4.69, 9.17) is 16.4 Å². The zero-order valence-electron chi connectivity index (χ0n) is 14.5. The van der Waals surface area contributed by atoms with E-state index in [-0.39, 0.29) is 18.2 Å². The van der Waals surface area contributed by atoms with Crippen molar-refractivity contribution in [3.8, 4) is 0 Å². The molecule has 9 heteroatoms. The first-order valence-electron chi connectivity index (χ1n) is 8.50. The summed E-state index contributed by atoms with van der Waals surface area (Å²) in [5.41, 5.74) is 2.10. The second-order valence-electron chi connectivity index (χ2n) is 6.23. The van der Waals surface area contributed by atoms with Crippen molar-refractivity contribution in [2.24, 2.45) is 5.16 Å². The normalized spacial score (nSPS) is 15.8. The van der Waals surface area contributed by atoms with E-state index in [2.05, 4.69) is 20.6 Å². The monoisotopic (exact) mass is 399 g/mol. The lowest BCUT2D eigenvalue weighted by Crippen LogP contribution is -2.28. The molecule has 0 saturated carbocycles. The van der Waals surface area contributed by atoms with Crippen LogP contribution in [0.25, 0.3) is 0 Å². The second-order valence-corrected chi connectivity index (χ2v) is 6.66. The van der Waals surface area contributed by atoms with Crippen molar-refractivity contribution < 1.29 is 14.0 Å². The Bertz CT molecular complexity index is 1030. The lowest BCUT2D eigenvalue weighted by Gasteiger charge is -2.06. The third-order valence-corrected chi connectivity index (χ3v) is 4.40. The highest BCUT2D eigenvalue weighted by Gasteiger charge is 2.29. The van der Waals surface area contributed by atoms with Gasteiger partial charge in [-0.15, -0.1) is 5.10 Å². The Kier molecular flexibility index (Phi) is 5.03. The molecule has 2 heterocycles. The highest BCUT2D eigenvalue weighted by molar-refractivity contribution is 6.30. The van der Waals surface area contributed by atoms with Crippen molar-refractivity contribution in [3.05, 3.63) is 76.8 Å². The van der Waals surface area contributed by atoms with E-state index in [1.807, 2.05) is 12.1 Å². The average Bonchev–Trinajstić information content (AvgIpc) is 3.33. The van der Waals surface area contributed by atoms with Crippen LogP contribution in [0, 0.1) is 5.82 Å². The van der Waals surface area contributed by atoms with Gasteiger partial charge in [-0.3, -0.25) is 10.1 Å². The summed E-state index contributed by atoms with van der Waals surface area (Å²) in [6.45, 7) is 0.493. The smallest absolute Gasteiger partial charge is 0.271 e. The third-order valence-electron chi connectivity index (χ3n) is 4.15. The van der Waals surface area contributed by atoms with E-state index in [1.165, 1.54) is 18.5 Å². The number of anilines is 1. The van der Waals surface area contributed by atoms with Crippen LogP contribution in [0.4, 0.5) is 10.3 Å². The molecule has 0 bridgehead atoms. The van der Waals surface area contributed by atoms with Gasteiger partial charge < -0.3 is 4.84 Å². The Morgan fingerprint density at radius 1 is 1.29 bits per heavy atom. The Labute approximate surface area is 164 Å². The molecule has 0 aliphatic carbocycles. The molecular formula is C19H15ClFN5O2. The molecule has 0 radical (unpaired) electrons. The lowest BCUT2D eigenvalue weighted by molar-refractivity contribution is -0.125. The van der Waals surface area contributed by atoms with Gasteiger partial charge in [-0.25, -0.2) is 14.1 Å². The zero-order chi connectivity index (χ0) is 19.5. The van der Waals surface area contributed by atoms with E-state index in [1.54, 1.807) is 28.9 Å². The quantitative estimate of drug-likeness (QED) is 0.714. The third kappa shape index (κ3) is 4.17. The average molecular weight is 400 g/mol. The van der Waals surface area contributed by atoms with E-state index >= 15 is 0 Å². The van der Waals surface area contributed by atoms with Crippen molar-refractivity contribution in [1.82, 2.24) is 14.8 Å². The van der Waals surface area contributed by atoms with Crippen LogP contribution in [0.15, 0.2) is 60.0 Å². The first-order chi connectivity index (χ1) is 13.6. The maximum atomic E-state index is 13.3. The van der Waals surface area contributed by atoms with Gasteiger partial charge in [0.2, 0.25) is 12.1 Å². The minimum Gasteiger partial charge on any atom is -0.382 e. The van der Waals surface area contributed by atoms with Crippen LogP contribution in [0.5, 0.6) is 0 Å². The molecule has 1 aliphatic heterocycles. The predicted molar refractivity (Wildman–Crippen MR) is 102 cm³/mol. The summed E-state index contributed by atoms with van der Waals surface area (Å²) >= 11 is 5.87. The molecule has 28 heavy (non-hydrogen) atoms. The Hall–Kier alpha value is -3.26. The van der Waals surface area contributed by atoms with Crippen molar-refractivity contribution in [1.29, 1.82) is 0 Å². The van der Waals surface area contributed by atoms with Crippen LogP contribution in [-0.4, -0.2) is 32.5 Å². The fraction of sp³-hybridized carbons (Fsp3) is 0.158. The standard InChI is InChI=1S/C19H15ClFN5O2/c20-14-6-4-12(5-7-14)10-26-11-22-19(24-26)23-18(27)17-9-16(25-28-17)13-2-1-3-15(21)8-13/h1-8,11,17H,9-10H2,(H,23,24,27)/t17-/m0/s1. The zero-order valence-corrected chi connectivity index (χ0v) is 15.3. The van der Waals surface area contributed by atoms with Gasteiger partial charge in [0.15, 0.2) is 0 Å². The van der Waals surface area contributed by atoms with Crippen molar-refractivity contribution in [2.75, 3.05) is 5.32 Å². The number of benzene rings is 2. The first-order valence-corrected chi connectivity index (χ1v) is 8.88. The van der Waals surface area contributed by atoms with Crippen LogP contribution < -0.4 is 5.32 Å². The van der Waals surface area contributed by atoms with E-state index in [0.29, 0.717) is 22.8 Å². The molecule has 4 rings (SSSR count). The van der Waals surface area contributed by atoms with Crippen LogP contribution in [0.3, 0.4) is 0 Å². The van der Waals surface area contributed by atoms with E-state index < -0.39 is 12.0 Å². The highest BCUT2D eigenvalue weighted by atomic mass is 35.5. The maximum absolute atomic E-state index is 13.3. The number of amides is 1. The molecule has 3 aromatic rings. The molecular weight excluding hydrogens is 385 g/mol. The number of hydrogen-bond donors (Lipinski definition) is 1. The molecule has 0 fully saturated rings. The SMILES string of the molecule is O=C(Nc1ncn(Cc2ccc(Cl)cc2)n1)[C@@H]1CC(c2cccc(F)c2)=NO1. The van der Waals surface area contributed by atoms with Crippen molar-refractivity contribution >= 4 is 29.2 Å². The fourth-order valence-electron chi connectivity index (χ4n) is 2.75. The van der Waals surface area contributed by atoms with Crippen LogP contribution >= 0.6 is 11.6 Å². The Morgan fingerprint density at radius 2 is 2.11 bits per heavy atom. The molecule has 0 spiro atoms. The number of aromatic nitrogens is 3. The summed E-state index contributed by atoms with van der Waals surface area (Å²) in [4.78, 5) is 21.6. The topological polar surface area (TPSA) is 81.4 Å². The van der Waals surface area contributed by atoms with Crippen LogP contribution in [0.2, 0.25) is 5.02 Å². The number of oxime groups is 1. The first kappa shape index (κ1) is 18.1. The fourth-order valence-corrected chi connectivity index (χ4v) is 2.88. The number of nitrogens with zero attached hydrogens (tertiary/aromatic N) is 4. The Balaban J connectivity index is 1.34. The van der Waals surface area contributed by atoms with Gasteiger partial charge in [0, 0.05) is 17.0 Å². The summed E-state index contributed by atoms with van der Waals surface area (Å²) in [5.74, 6) is -0.621. The van der Waals surface area contributed by atoms with Gasteiger partial charge in [0.05, 0.1) is 12.3 Å². The van der Waals surface area contributed by atoms with Gasteiger partial charge in [-0.2, -0.15) is 0 Å². The maximum Gasteiger partial charge on any atom is 0.271 e. The second kappa shape index (κ2) is 7.77. The molecule has 142 valence electrons. The molecule has 1 atom stereocenters. The van der Waals surface area contributed by atoms with Gasteiger partial charge >= 0.3 is 0 Å². The van der Waals surface area contributed by atoms with Crippen LogP contribution in [-0.2, 0) is 16.2 Å². The number of nitrogens with one attached hydrogen (secondary N) is 1. The molecule has 1 N–H and O–H groups in total. The number of halogens is 2. The van der Waals surface area contributed by atoms with Gasteiger partial charge in [0.1, 0.15) is 12.1 Å². The summed E-state index contributed by atoms with van der Waals surface area (Å²) in [6.07, 6.45) is 0.941. The van der Waals surface area contributed by atoms with Crippen LogP contribution in [0.1, 0.15) is 17.5 Å². The molecule has 0 saturated heterocycles. The summed E-state index contributed by atoms with van der Waals surface area (Å²) < 4.78 is 14.9. The van der Waals surface area contributed by atoms with Gasteiger partial charge in [-0.1, -0.05) is 41.0 Å². The van der Waals surface area contributed by atoms with Gasteiger partial charge in [0.25, 0.3) is 5.91 Å². The van der Waals surface area contributed by atoms with E-state index in [9.17, 15) is 9.18 Å². The summed E-state index contributed by atoms with van der Waals surface area (Å²) in [6, 6.07) is 13.4. The molecule has 0 unspecified atom stereocenters. The minimum atomic E-state index is -0.818. The van der Waals surface area contributed by atoms with Gasteiger partial charge in [-0.05, 0) is 29.8 Å². The Morgan fingerprint density at radius 3 is 2.89 bits per heavy atom. The predicted octanol–water partition coefficient (Wildman–Crippen LogP) is 3.25. The number of carbonyl (C=O) groups is 1. The number of rotatable bonds is 5. The number of hydrogen-bond acceptors (Lipinski definition) is 5. The van der Waals surface area contributed by atoms with E-state index in [0.717, 1.165) is 5.56 Å². The largest absolute Gasteiger partial charge is 0.382 e. The molecule has 7 nitrogen and oxygen atoms in total. The minimum absolute atomic E-state index is 0.168. The molecule has 2 aromatic carbocycles. The van der Waals surface area contributed by atoms with Crippen molar-refractivity contribution in [2.45, 2.75) is 19.1 Å². The molecule has 1 amide bonds.